The number of alkyl halides is 3. The lowest BCUT2D eigenvalue weighted by atomic mass is 9.85. The Bertz CT molecular complexity index is 2030. The van der Waals surface area contributed by atoms with Crippen LogP contribution in [-0.4, -0.2) is 77.1 Å². The Balaban J connectivity index is 1.15. The van der Waals surface area contributed by atoms with Gasteiger partial charge in [-0.1, -0.05) is 50.6 Å². The van der Waals surface area contributed by atoms with Gasteiger partial charge in [0.25, 0.3) is 5.91 Å². The van der Waals surface area contributed by atoms with E-state index < -0.39 is 79.5 Å². The molecule has 5 atom stereocenters. The number of halogens is 4. The monoisotopic (exact) mass is 807 g/mol. The summed E-state index contributed by atoms with van der Waals surface area (Å²) in [6.45, 7) is 6.93. The minimum absolute atomic E-state index is 0.0324. The molecule has 0 spiro atoms. The van der Waals surface area contributed by atoms with Crippen molar-refractivity contribution in [3.8, 4) is 0 Å². The van der Waals surface area contributed by atoms with Gasteiger partial charge < -0.3 is 20.3 Å². The predicted octanol–water partition coefficient (Wildman–Crippen LogP) is 5.59. The van der Waals surface area contributed by atoms with Crippen LogP contribution in [0.3, 0.4) is 0 Å². The zero-order valence-electron chi connectivity index (χ0n) is 31.0. The van der Waals surface area contributed by atoms with Crippen LogP contribution in [0.15, 0.2) is 42.5 Å². The molecular formula is C38H45ClF3N5O7S. The number of hydrogen-bond acceptors (Lipinski definition) is 8. The second kappa shape index (κ2) is 13.6. The van der Waals surface area contributed by atoms with Crippen molar-refractivity contribution in [2.24, 2.45) is 17.3 Å². The van der Waals surface area contributed by atoms with E-state index in [0.717, 1.165) is 36.1 Å². The summed E-state index contributed by atoms with van der Waals surface area (Å²) in [4.78, 5) is 59.0. The molecule has 4 fully saturated rings. The summed E-state index contributed by atoms with van der Waals surface area (Å²) in [5, 5.41) is 6.30. The minimum Gasteiger partial charge on any atom is -0.444 e. The summed E-state index contributed by atoms with van der Waals surface area (Å²) >= 11 is 6.36. The molecule has 0 bridgehead atoms. The Morgan fingerprint density at radius 3 is 2.33 bits per heavy atom. The van der Waals surface area contributed by atoms with Crippen molar-refractivity contribution in [3.63, 3.8) is 0 Å². The summed E-state index contributed by atoms with van der Waals surface area (Å²) in [7, 11) is -4.02. The van der Waals surface area contributed by atoms with Crippen molar-refractivity contribution in [1.82, 2.24) is 19.8 Å². The lowest BCUT2D eigenvalue weighted by molar-refractivity contribution is -0.141. The highest BCUT2D eigenvalue weighted by Crippen LogP contribution is 2.57. The van der Waals surface area contributed by atoms with Gasteiger partial charge in [-0.25, -0.2) is 13.2 Å². The van der Waals surface area contributed by atoms with Crippen molar-refractivity contribution in [2.45, 2.75) is 114 Å². The first-order chi connectivity index (χ1) is 25.6. The van der Waals surface area contributed by atoms with E-state index in [1.807, 2.05) is 6.07 Å². The average Bonchev–Trinajstić information content (AvgIpc) is 4.05. The zero-order chi connectivity index (χ0) is 39.9. The van der Waals surface area contributed by atoms with Gasteiger partial charge in [0, 0.05) is 23.7 Å². The fourth-order valence-electron chi connectivity index (χ4n) is 7.77. The van der Waals surface area contributed by atoms with Gasteiger partial charge in [0.05, 0.1) is 23.4 Å². The first-order valence-electron chi connectivity index (χ1n) is 18.5. The maximum atomic E-state index is 14.6. The van der Waals surface area contributed by atoms with Crippen LogP contribution in [0.2, 0.25) is 5.02 Å². The summed E-state index contributed by atoms with van der Waals surface area (Å²) < 4.78 is 74.1. The smallest absolute Gasteiger partial charge is 0.416 e. The largest absolute Gasteiger partial charge is 0.444 e. The molecule has 3 saturated carbocycles. The van der Waals surface area contributed by atoms with Gasteiger partial charge in [0.15, 0.2) is 0 Å². The van der Waals surface area contributed by atoms with Crippen LogP contribution in [0.4, 0.5) is 23.7 Å². The molecule has 0 aromatic heterocycles. The third kappa shape index (κ3) is 7.72. The Labute approximate surface area is 322 Å². The Kier molecular flexibility index (Phi) is 9.66. The average molecular weight is 808 g/mol. The van der Waals surface area contributed by atoms with Crippen molar-refractivity contribution in [3.05, 3.63) is 64.2 Å². The van der Waals surface area contributed by atoms with E-state index in [0.29, 0.717) is 17.9 Å². The molecule has 0 radical (unpaired) electrons. The first-order valence-corrected chi connectivity index (χ1v) is 20.3. The van der Waals surface area contributed by atoms with E-state index >= 15 is 0 Å². The molecule has 2 aliphatic heterocycles. The molecule has 12 nitrogen and oxygen atoms in total. The molecule has 0 unspecified atom stereocenters. The van der Waals surface area contributed by atoms with Gasteiger partial charge in [-0.15, -0.1) is 0 Å². The van der Waals surface area contributed by atoms with E-state index in [1.165, 1.54) is 21.9 Å². The van der Waals surface area contributed by atoms with Gasteiger partial charge in [-0.2, -0.15) is 13.2 Å². The third-order valence-corrected chi connectivity index (χ3v) is 14.2. The number of anilines is 1. The van der Waals surface area contributed by atoms with Gasteiger partial charge in [-0.05, 0) is 91.7 Å². The molecular weight excluding hydrogens is 763 g/mol. The second-order valence-corrected chi connectivity index (χ2v) is 19.6. The van der Waals surface area contributed by atoms with Crippen LogP contribution in [0.5, 0.6) is 0 Å². The van der Waals surface area contributed by atoms with Crippen molar-refractivity contribution in [1.29, 1.82) is 0 Å². The van der Waals surface area contributed by atoms with Gasteiger partial charge in [0.2, 0.25) is 21.8 Å². The molecule has 55 heavy (non-hydrogen) atoms. The van der Waals surface area contributed by atoms with Crippen molar-refractivity contribution in [2.75, 3.05) is 11.9 Å². The number of carbonyl (C=O) groups excluding carboxylic acids is 4. The molecule has 2 aromatic carbocycles. The quantitative estimate of drug-likeness (QED) is 0.281. The number of ether oxygens (including phenoxy) is 1. The standard InChI is InChI=1S/C38H45ClF3N5O7S/c1-35(2,3)30(43-24-9-6-8-23(15-24)38(40,41)42)32(49)47-19-25(54-34(51)46-18-22-7-5-10-28(39)26(22)20-46)16-29(47)31(48)44-37(17-27(37)21-11-12-21)33(50)45-55(52,53)36(4)13-14-36/h5-10,15,21,25,27,29-30,43H,11-14,16-20H2,1-4H3,(H,44,48)(H,45,50)/t25-,27+,29+,30-,37-/m1/s1. The molecule has 3 aliphatic carbocycles. The summed E-state index contributed by atoms with van der Waals surface area (Å²) in [6.07, 6.45) is -3.76. The fourth-order valence-corrected chi connectivity index (χ4v) is 9.34. The number of amides is 4. The van der Waals surface area contributed by atoms with Crippen molar-refractivity contribution < 1.29 is 45.5 Å². The maximum Gasteiger partial charge on any atom is 0.416 e. The van der Waals surface area contributed by atoms with E-state index in [4.69, 9.17) is 16.3 Å². The molecule has 2 aromatic rings. The Morgan fingerprint density at radius 1 is 1.02 bits per heavy atom. The van der Waals surface area contributed by atoms with E-state index in [2.05, 4.69) is 15.4 Å². The highest BCUT2D eigenvalue weighted by atomic mass is 35.5. The minimum atomic E-state index is -4.63. The number of likely N-dealkylation sites (tertiary alicyclic amines) is 1. The number of nitrogens with one attached hydrogen (secondary N) is 3. The summed E-state index contributed by atoms with van der Waals surface area (Å²) in [5.41, 5.74) is -1.65. The Morgan fingerprint density at radius 2 is 1.71 bits per heavy atom. The van der Waals surface area contributed by atoms with Gasteiger partial charge in [-0.3, -0.25) is 24.0 Å². The SMILES string of the molecule is CC(C)(C)[C@H](Nc1cccc(C(F)(F)F)c1)C(=O)N1C[C@H](OC(=O)N2Cc3cccc(Cl)c3C2)C[C@H]1C(=O)N[C@]1(C(=O)NS(=O)(=O)C2(C)CC2)C[C@H]1C1CC1. The van der Waals surface area contributed by atoms with Crippen LogP contribution in [-0.2, 0) is 48.4 Å². The van der Waals surface area contributed by atoms with Crippen LogP contribution in [0, 0.1) is 17.3 Å². The van der Waals surface area contributed by atoms with E-state index in [1.54, 1.807) is 39.8 Å². The highest BCUT2D eigenvalue weighted by Gasteiger charge is 2.67. The molecule has 3 N–H and O–H groups in total. The number of fused-ring (bicyclic) bond motifs is 1. The predicted molar refractivity (Wildman–Crippen MR) is 196 cm³/mol. The highest BCUT2D eigenvalue weighted by molar-refractivity contribution is 7.91. The topological polar surface area (TPSA) is 154 Å². The number of sulfonamides is 1. The normalized spacial score (nSPS) is 26.1. The summed E-state index contributed by atoms with van der Waals surface area (Å²) in [6, 6.07) is 7.37. The molecule has 4 amide bonds. The van der Waals surface area contributed by atoms with Crippen LogP contribution in [0.1, 0.15) is 82.9 Å². The molecule has 298 valence electrons. The fraction of sp³-hybridized carbons (Fsp3) is 0.579. The lowest BCUT2D eigenvalue weighted by Gasteiger charge is -2.36. The zero-order valence-corrected chi connectivity index (χ0v) is 32.5. The second-order valence-electron chi connectivity index (χ2n) is 17.0. The summed E-state index contributed by atoms with van der Waals surface area (Å²) in [5.74, 6) is -2.36. The molecule has 7 rings (SSSR count). The number of rotatable bonds is 10. The number of hydrogen-bond donors (Lipinski definition) is 3. The van der Waals surface area contributed by atoms with E-state index in [-0.39, 0.29) is 50.0 Å². The Hall–Kier alpha value is -4.05. The number of carbonyl (C=O) groups is 4. The molecule has 5 aliphatic rings. The lowest BCUT2D eigenvalue weighted by Crippen LogP contribution is -2.59. The van der Waals surface area contributed by atoms with Gasteiger partial charge in [0.1, 0.15) is 23.7 Å². The van der Waals surface area contributed by atoms with E-state index in [9.17, 15) is 40.8 Å². The van der Waals surface area contributed by atoms with Crippen LogP contribution in [0.25, 0.3) is 0 Å². The molecule has 17 heteroatoms. The molecule has 2 heterocycles. The number of nitrogens with zero attached hydrogens (tertiary/aromatic N) is 2. The van der Waals surface area contributed by atoms with Gasteiger partial charge >= 0.3 is 12.3 Å². The third-order valence-electron chi connectivity index (χ3n) is 11.7. The molecule has 1 saturated heterocycles. The van der Waals surface area contributed by atoms with Crippen LogP contribution < -0.4 is 15.4 Å². The maximum absolute atomic E-state index is 14.6. The van der Waals surface area contributed by atoms with Crippen LogP contribution >= 0.6 is 11.6 Å². The van der Waals surface area contributed by atoms with Crippen molar-refractivity contribution >= 4 is 51.1 Å². The number of benzene rings is 2. The first kappa shape index (κ1) is 39.2.